The highest BCUT2D eigenvalue weighted by molar-refractivity contribution is 7.99. The zero-order valence-corrected chi connectivity index (χ0v) is 9.43. The number of nitrogens with zero attached hydrogens (tertiary/aromatic N) is 2. The highest BCUT2D eigenvalue weighted by atomic mass is 32.2. The lowest BCUT2D eigenvalue weighted by Gasteiger charge is -2.05. The number of hydrogen-bond acceptors (Lipinski definition) is 3. The van der Waals surface area contributed by atoms with Gasteiger partial charge in [-0.2, -0.15) is 0 Å². The molecule has 0 atom stereocenters. The van der Waals surface area contributed by atoms with E-state index in [0.717, 1.165) is 5.16 Å². The van der Waals surface area contributed by atoms with Crippen molar-refractivity contribution < 1.29 is 0 Å². The van der Waals surface area contributed by atoms with Crippen LogP contribution in [0, 0.1) is 0 Å². The minimum absolute atomic E-state index is 0.512. The standard InChI is InChI=1S/C10H16N2S/c1-7(2)9-5-11-10(12-6-9)13-8(3)4/h5-8H,1-4H3. The smallest absolute Gasteiger partial charge is 0.187 e. The molecule has 0 aliphatic rings. The van der Waals surface area contributed by atoms with Gasteiger partial charge in [0.25, 0.3) is 0 Å². The lowest BCUT2D eigenvalue weighted by atomic mass is 10.1. The Labute approximate surface area is 84.2 Å². The van der Waals surface area contributed by atoms with E-state index in [1.54, 1.807) is 11.8 Å². The summed E-state index contributed by atoms with van der Waals surface area (Å²) in [4.78, 5) is 8.58. The Morgan fingerprint density at radius 1 is 1.08 bits per heavy atom. The van der Waals surface area contributed by atoms with Gasteiger partial charge in [-0.05, 0) is 11.5 Å². The Kier molecular flexibility index (Phi) is 3.72. The van der Waals surface area contributed by atoms with Crippen molar-refractivity contribution in [1.82, 2.24) is 9.97 Å². The third-order valence-corrected chi connectivity index (χ3v) is 2.55. The normalized spacial score (nSPS) is 11.2. The lowest BCUT2D eigenvalue weighted by Crippen LogP contribution is -1.95. The summed E-state index contributed by atoms with van der Waals surface area (Å²) in [6.07, 6.45) is 3.84. The second kappa shape index (κ2) is 4.61. The minimum Gasteiger partial charge on any atom is -0.231 e. The van der Waals surface area contributed by atoms with Crippen LogP contribution in [0.2, 0.25) is 0 Å². The fourth-order valence-corrected chi connectivity index (χ4v) is 1.54. The Morgan fingerprint density at radius 2 is 1.62 bits per heavy atom. The van der Waals surface area contributed by atoms with Gasteiger partial charge in [-0.3, -0.25) is 0 Å². The van der Waals surface area contributed by atoms with Crippen LogP contribution in [0.4, 0.5) is 0 Å². The molecule has 13 heavy (non-hydrogen) atoms. The molecule has 0 spiro atoms. The van der Waals surface area contributed by atoms with Gasteiger partial charge in [0.2, 0.25) is 0 Å². The summed E-state index contributed by atoms with van der Waals surface area (Å²) in [6, 6.07) is 0. The first-order valence-electron chi connectivity index (χ1n) is 4.58. The van der Waals surface area contributed by atoms with Crippen LogP contribution in [-0.2, 0) is 0 Å². The number of hydrogen-bond donors (Lipinski definition) is 0. The van der Waals surface area contributed by atoms with Crippen LogP contribution < -0.4 is 0 Å². The summed E-state index contributed by atoms with van der Waals surface area (Å²) in [5, 5.41) is 1.42. The first-order chi connectivity index (χ1) is 6.09. The molecule has 0 unspecified atom stereocenters. The quantitative estimate of drug-likeness (QED) is 0.549. The second-order valence-electron chi connectivity index (χ2n) is 3.62. The molecule has 3 heteroatoms. The summed E-state index contributed by atoms with van der Waals surface area (Å²) in [5.41, 5.74) is 1.20. The molecule has 0 bridgehead atoms. The topological polar surface area (TPSA) is 25.8 Å². The van der Waals surface area contributed by atoms with E-state index in [2.05, 4.69) is 37.7 Å². The molecule has 0 fully saturated rings. The maximum absolute atomic E-state index is 4.29. The van der Waals surface area contributed by atoms with Crippen LogP contribution in [0.25, 0.3) is 0 Å². The molecular weight excluding hydrogens is 180 g/mol. The Bertz CT molecular complexity index is 254. The first kappa shape index (κ1) is 10.5. The van der Waals surface area contributed by atoms with Gasteiger partial charge in [0, 0.05) is 17.6 Å². The van der Waals surface area contributed by atoms with Crippen molar-refractivity contribution in [3.8, 4) is 0 Å². The molecule has 0 radical (unpaired) electrons. The van der Waals surface area contributed by atoms with Gasteiger partial charge >= 0.3 is 0 Å². The van der Waals surface area contributed by atoms with Gasteiger partial charge in [-0.1, -0.05) is 39.5 Å². The lowest BCUT2D eigenvalue weighted by molar-refractivity contribution is 0.819. The predicted octanol–water partition coefficient (Wildman–Crippen LogP) is 3.10. The van der Waals surface area contributed by atoms with Crippen LogP contribution in [0.3, 0.4) is 0 Å². The van der Waals surface area contributed by atoms with Gasteiger partial charge in [-0.25, -0.2) is 9.97 Å². The van der Waals surface area contributed by atoms with Crippen molar-refractivity contribution in [2.45, 2.75) is 44.0 Å². The van der Waals surface area contributed by atoms with E-state index in [1.807, 2.05) is 12.4 Å². The molecule has 1 heterocycles. The Balaban J connectivity index is 2.70. The molecule has 0 aliphatic heterocycles. The third kappa shape index (κ3) is 3.35. The average molecular weight is 196 g/mol. The Morgan fingerprint density at radius 3 is 2.00 bits per heavy atom. The number of aromatic nitrogens is 2. The van der Waals surface area contributed by atoms with Crippen molar-refractivity contribution in [1.29, 1.82) is 0 Å². The highest BCUT2D eigenvalue weighted by Crippen LogP contribution is 2.19. The zero-order chi connectivity index (χ0) is 9.84. The van der Waals surface area contributed by atoms with E-state index < -0.39 is 0 Å². The molecule has 1 aromatic rings. The SMILES string of the molecule is CC(C)Sc1ncc(C(C)C)cn1. The van der Waals surface area contributed by atoms with Crippen molar-refractivity contribution in [2.24, 2.45) is 0 Å². The largest absolute Gasteiger partial charge is 0.231 e. The molecule has 0 amide bonds. The fourth-order valence-electron chi connectivity index (χ4n) is 0.896. The molecule has 0 saturated heterocycles. The predicted molar refractivity (Wildman–Crippen MR) is 57.1 cm³/mol. The minimum atomic E-state index is 0.512. The maximum Gasteiger partial charge on any atom is 0.187 e. The molecule has 1 aromatic heterocycles. The van der Waals surface area contributed by atoms with Crippen LogP contribution >= 0.6 is 11.8 Å². The first-order valence-corrected chi connectivity index (χ1v) is 5.46. The highest BCUT2D eigenvalue weighted by Gasteiger charge is 2.03. The molecule has 0 saturated carbocycles. The van der Waals surface area contributed by atoms with Crippen LogP contribution in [0.5, 0.6) is 0 Å². The van der Waals surface area contributed by atoms with Gasteiger partial charge in [0.05, 0.1) is 0 Å². The molecule has 0 aliphatic carbocycles. The number of thioether (sulfide) groups is 1. The van der Waals surface area contributed by atoms with E-state index in [1.165, 1.54) is 5.56 Å². The van der Waals surface area contributed by atoms with Crippen molar-refractivity contribution >= 4 is 11.8 Å². The summed E-state index contributed by atoms with van der Waals surface area (Å²) >= 11 is 1.70. The number of rotatable bonds is 3. The summed E-state index contributed by atoms with van der Waals surface area (Å²) in [7, 11) is 0. The van der Waals surface area contributed by atoms with Crippen molar-refractivity contribution in [2.75, 3.05) is 0 Å². The molecule has 0 N–H and O–H groups in total. The fraction of sp³-hybridized carbons (Fsp3) is 0.600. The third-order valence-electron chi connectivity index (χ3n) is 1.66. The monoisotopic (exact) mass is 196 g/mol. The summed E-state index contributed by atoms with van der Waals surface area (Å²) in [5.74, 6) is 0.512. The van der Waals surface area contributed by atoms with Crippen LogP contribution in [0.1, 0.15) is 39.2 Å². The van der Waals surface area contributed by atoms with Crippen LogP contribution in [-0.4, -0.2) is 15.2 Å². The van der Waals surface area contributed by atoms with Gasteiger partial charge in [0.1, 0.15) is 0 Å². The zero-order valence-electron chi connectivity index (χ0n) is 8.61. The molecule has 2 nitrogen and oxygen atoms in total. The molecule has 0 aromatic carbocycles. The molecular formula is C10H16N2S. The molecule has 1 rings (SSSR count). The van der Waals surface area contributed by atoms with E-state index in [4.69, 9.17) is 0 Å². The van der Waals surface area contributed by atoms with E-state index in [0.29, 0.717) is 11.2 Å². The van der Waals surface area contributed by atoms with Crippen molar-refractivity contribution in [3.63, 3.8) is 0 Å². The van der Waals surface area contributed by atoms with Gasteiger partial charge in [0.15, 0.2) is 5.16 Å². The van der Waals surface area contributed by atoms with Crippen LogP contribution in [0.15, 0.2) is 17.6 Å². The summed E-state index contributed by atoms with van der Waals surface area (Å²) < 4.78 is 0. The van der Waals surface area contributed by atoms with Gasteiger partial charge < -0.3 is 0 Å². The van der Waals surface area contributed by atoms with E-state index >= 15 is 0 Å². The molecule has 72 valence electrons. The second-order valence-corrected chi connectivity index (χ2v) is 5.16. The summed E-state index contributed by atoms with van der Waals surface area (Å²) in [6.45, 7) is 8.58. The van der Waals surface area contributed by atoms with Crippen molar-refractivity contribution in [3.05, 3.63) is 18.0 Å². The van der Waals surface area contributed by atoms with Gasteiger partial charge in [-0.15, -0.1) is 0 Å². The van der Waals surface area contributed by atoms with E-state index in [9.17, 15) is 0 Å². The average Bonchev–Trinajstić information content (AvgIpc) is 2.04. The Hall–Kier alpha value is -0.570. The van der Waals surface area contributed by atoms with E-state index in [-0.39, 0.29) is 0 Å². The maximum atomic E-state index is 4.29.